The maximum atomic E-state index is 2.87. The lowest BCUT2D eigenvalue weighted by Gasteiger charge is -2.57. The molecule has 4 saturated heterocycles. The first-order valence-electron chi connectivity index (χ1n) is 7.90. The highest BCUT2D eigenvalue weighted by molar-refractivity contribution is 14.0. The predicted molar refractivity (Wildman–Crippen MR) is 101 cm³/mol. The molecule has 19 heavy (non-hydrogen) atoms. The minimum atomic E-state index is 0. The molecule has 4 fully saturated rings. The Kier molecular flexibility index (Phi) is 6.25. The number of fused-ring (bicyclic) bond motifs is 6. The van der Waals surface area contributed by atoms with E-state index < -0.39 is 0 Å². The Morgan fingerprint density at radius 3 is 1.58 bits per heavy atom. The van der Waals surface area contributed by atoms with Gasteiger partial charge in [-0.15, -0.1) is 48.0 Å². The van der Waals surface area contributed by atoms with Crippen LogP contribution in [0.3, 0.4) is 0 Å². The molecule has 0 aromatic heterocycles. The van der Waals surface area contributed by atoms with Crippen LogP contribution >= 0.6 is 48.0 Å². The van der Waals surface area contributed by atoms with Gasteiger partial charge in [0.1, 0.15) is 0 Å². The van der Waals surface area contributed by atoms with Gasteiger partial charge in [0.25, 0.3) is 0 Å². The number of piperidine rings is 4. The zero-order chi connectivity index (χ0) is 11.2. The van der Waals surface area contributed by atoms with Crippen molar-refractivity contribution in [3.8, 4) is 0 Å². The number of halogens is 2. The highest BCUT2D eigenvalue weighted by Gasteiger charge is 2.46. The number of rotatable bonds is 0. The van der Waals surface area contributed by atoms with Crippen LogP contribution in [0.25, 0.3) is 0 Å². The summed E-state index contributed by atoms with van der Waals surface area (Å²) in [6.07, 6.45) is 10.5. The third-order valence-corrected chi connectivity index (χ3v) is 5.96. The summed E-state index contributed by atoms with van der Waals surface area (Å²) in [7, 11) is 0. The van der Waals surface area contributed by atoms with E-state index in [4.69, 9.17) is 0 Å². The quantitative estimate of drug-likeness (QED) is 0.480. The molecule has 4 heterocycles. The molecule has 4 heteroatoms. The lowest BCUT2D eigenvalue weighted by molar-refractivity contribution is -0.0718. The molecule has 2 nitrogen and oxygen atoms in total. The maximum Gasteiger partial charge on any atom is 0.0136 e. The van der Waals surface area contributed by atoms with Gasteiger partial charge in [-0.3, -0.25) is 9.80 Å². The molecule has 4 unspecified atom stereocenters. The van der Waals surface area contributed by atoms with Crippen LogP contribution in [0, 0.1) is 11.8 Å². The van der Waals surface area contributed by atoms with Gasteiger partial charge >= 0.3 is 0 Å². The van der Waals surface area contributed by atoms with Gasteiger partial charge in [0.15, 0.2) is 0 Å². The van der Waals surface area contributed by atoms with E-state index in [0.717, 1.165) is 23.9 Å². The van der Waals surface area contributed by atoms with Crippen LogP contribution in [0.2, 0.25) is 0 Å². The van der Waals surface area contributed by atoms with Crippen molar-refractivity contribution < 1.29 is 0 Å². The molecular formula is C15H28I2N2. The molecule has 0 aromatic rings. The molecule has 0 amide bonds. The molecule has 0 saturated carbocycles. The Morgan fingerprint density at radius 1 is 0.632 bits per heavy atom. The Balaban J connectivity index is 0.000000667. The summed E-state index contributed by atoms with van der Waals surface area (Å²) in [4.78, 5) is 5.74. The van der Waals surface area contributed by atoms with Crippen molar-refractivity contribution in [3.63, 3.8) is 0 Å². The van der Waals surface area contributed by atoms with E-state index in [2.05, 4.69) is 9.80 Å². The molecular weight excluding hydrogens is 462 g/mol. The van der Waals surface area contributed by atoms with Gasteiger partial charge in [-0.1, -0.05) is 12.8 Å². The van der Waals surface area contributed by atoms with Crippen molar-refractivity contribution in [1.29, 1.82) is 0 Å². The van der Waals surface area contributed by atoms with Crippen molar-refractivity contribution in [2.45, 2.75) is 57.0 Å². The Hall–Kier alpha value is 1.38. The maximum absolute atomic E-state index is 2.87. The summed E-state index contributed by atoms with van der Waals surface area (Å²) in [5.74, 6) is 2.03. The third kappa shape index (κ3) is 3.11. The molecule has 0 radical (unpaired) electrons. The van der Waals surface area contributed by atoms with Gasteiger partial charge in [-0.05, 0) is 57.0 Å². The number of nitrogens with zero attached hydrogens (tertiary/aromatic N) is 2. The van der Waals surface area contributed by atoms with Gasteiger partial charge in [0.2, 0.25) is 0 Å². The topological polar surface area (TPSA) is 6.48 Å². The van der Waals surface area contributed by atoms with Gasteiger partial charge in [-0.2, -0.15) is 0 Å². The SMILES string of the molecule is C1CCN2CC3CC(CN4CCCCC34)C2C1.I.I. The summed E-state index contributed by atoms with van der Waals surface area (Å²) < 4.78 is 0. The predicted octanol–water partition coefficient (Wildman–Crippen LogP) is 3.58. The van der Waals surface area contributed by atoms with Crippen molar-refractivity contribution >= 4 is 48.0 Å². The van der Waals surface area contributed by atoms with Gasteiger partial charge in [0.05, 0.1) is 0 Å². The molecule has 0 aromatic carbocycles. The first-order chi connectivity index (χ1) is 8.42. The van der Waals surface area contributed by atoms with Crippen molar-refractivity contribution in [3.05, 3.63) is 0 Å². The lowest BCUT2D eigenvalue weighted by Crippen LogP contribution is -2.63. The second kappa shape index (κ2) is 7.09. The van der Waals surface area contributed by atoms with Gasteiger partial charge in [-0.25, -0.2) is 0 Å². The second-order valence-corrected chi connectivity index (χ2v) is 6.87. The Morgan fingerprint density at radius 2 is 1.11 bits per heavy atom. The largest absolute Gasteiger partial charge is 0.300 e. The molecule has 4 rings (SSSR count). The number of hydrogen-bond acceptors (Lipinski definition) is 2. The van der Waals surface area contributed by atoms with Crippen LogP contribution in [0.1, 0.15) is 44.9 Å². The molecule has 0 N–H and O–H groups in total. The van der Waals surface area contributed by atoms with E-state index in [9.17, 15) is 0 Å². The fraction of sp³-hybridized carbons (Fsp3) is 1.00. The van der Waals surface area contributed by atoms with E-state index >= 15 is 0 Å². The average Bonchev–Trinajstić information content (AvgIpc) is 2.39. The van der Waals surface area contributed by atoms with Crippen LogP contribution < -0.4 is 0 Å². The fourth-order valence-electron chi connectivity index (χ4n) is 5.25. The zero-order valence-electron chi connectivity index (χ0n) is 11.8. The average molecular weight is 490 g/mol. The lowest BCUT2D eigenvalue weighted by atomic mass is 9.71. The highest BCUT2D eigenvalue weighted by Crippen LogP contribution is 2.42. The summed E-state index contributed by atoms with van der Waals surface area (Å²) in [5.41, 5.74) is 0. The molecule has 4 aliphatic rings. The van der Waals surface area contributed by atoms with Crippen LogP contribution in [0.15, 0.2) is 0 Å². The van der Waals surface area contributed by atoms with Crippen molar-refractivity contribution in [2.24, 2.45) is 11.8 Å². The minimum absolute atomic E-state index is 0. The second-order valence-electron chi connectivity index (χ2n) is 6.87. The molecule has 0 spiro atoms. The molecule has 2 bridgehead atoms. The van der Waals surface area contributed by atoms with Crippen molar-refractivity contribution in [2.75, 3.05) is 26.2 Å². The van der Waals surface area contributed by atoms with E-state index in [0.29, 0.717) is 0 Å². The monoisotopic (exact) mass is 490 g/mol. The fourth-order valence-corrected chi connectivity index (χ4v) is 5.25. The Labute approximate surface area is 152 Å². The highest BCUT2D eigenvalue weighted by atomic mass is 127. The van der Waals surface area contributed by atoms with Crippen LogP contribution in [0.4, 0.5) is 0 Å². The van der Waals surface area contributed by atoms with Gasteiger partial charge in [0, 0.05) is 25.2 Å². The van der Waals surface area contributed by atoms with Gasteiger partial charge < -0.3 is 0 Å². The summed E-state index contributed by atoms with van der Waals surface area (Å²) in [5, 5.41) is 0. The first-order valence-corrected chi connectivity index (χ1v) is 7.90. The smallest absolute Gasteiger partial charge is 0.0136 e. The summed E-state index contributed by atoms with van der Waals surface area (Å²) in [6.45, 7) is 5.68. The third-order valence-electron chi connectivity index (χ3n) is 5.96. The van der Waals surface area contributed by atoms with E-state index in [1.165, 1.54) is 64.7 Å². The van der Waals surface area contributed by atoms with E-state index in [1.54, 1.807) is 6.42 Å². The zero-order valence-corrected chi connectivity index (χ0v) is 16.5. The Bertz CT molecular complexity index is 272. The van der Waals surface area contributed by atoms with Crippen LogP contribution in [-0.4, -0.2) is 48.1 Å². The normalized spacial score (nSPS) is 42.3. The minimum Gasteiger partial charge on any atom is -0.300 e. The molecule has 112 valence electrons. The standard InChI is InChI=1S/C15H26N2.2HI/c1-3-7-16-11-13-9-12(14(16)5-1)10-17-8-4-2-6-15(13)17;;/h12-15H,1-11H2;2*1H. The number of hydrogen-bond donors (Lipinski definition) is 0. The van der Waals surface area contributed by atoms with Crippen molar-refractivity contribution in [1.82, 2.24) is 9.80 Å². The van der Waals surface area contributed by atoms with Crippen LogP contribution in [0.5, 0.6) is 0 Å². The molecule has 4 atom stereocenters. The summed E-state index contributed by atoms with van der Waals surface area (Å²) >= 11 is 0. The molecule has 4 aliphatic heterocycles. The van der Waals surface area contributed by atoms with E-state index in [-0.39, 0.29) is 48.0 Å². The first kappa shape index (κ1) is 16.7. The van der Waals surface area contributed by atoms with E-state index in [1.807, 2.05) is 0 Å². The van der Waals surface area contributed by atoms with Crippen LogP contribution in [-0.2, 0) is 0 Å². The molecule has 0 aliphatic carbocycles. The summed E-state index contributed by atoms with van der Waals surface area (Å²) in [6, 6.07) is 1.92.